The van der Waals surface area contributed by atoms with Gasteiger partial charge in [-0.25, -0.2) is 9.97 Å². The average Bonchev–Trinajstić information content (AvgIpc) is 3.14. The Morgan fingerprint density at radius 3 is 2.50 bits per heavy atom. The molecule has 0 aliphatic rings. The zero-order valence-corrected chi connectivity index (χ0v) is 18.4. The summed E-state index contributed by atoms with van der Waals surface area (Å²) < 4.78 is 2.65. The molecule has 12 heteroatoms. The van der Waals surface area contributed by atoms with E-state index in [1.807, 2.05) is 0 Å². The van der Waals surface area contributed by atoms with E-state index in [0.29, 0.717) is 37.5 Å². The van der Waals surface area contributed by atoms with Crippen molar-refractivity contribution >= 4 is 57.6 Å². The van der Waals surface area contributed by atoms with Gasteiger partial charge in [-0.2, -0.15) is 9.50 Å². The monoisotopic (exact) mass is 485 g/mol. The third-order valence-corrected chi connectivity index (χ3v) is 6.09. The van der Waals surface area contributed by atoms with Crippen LogP contribution >= 0.6 is 35.0 Å². The van der Waals surface area contributed by atoms with Crippen LogP contribution in [0.15, 0.2) is 63.3 Å². The first-order valence-corrected chi connectivity index (χ1v) is 11.0. The van der Waals surface area contributed by atoms with Crippen LogP contribution < -0.4 is 16.9 Å². The van der Waals surface area contributed by atoms with Gasteiger partial charge in [0.2, 0.25) is 5.95 Å². The molecule has 0 spiro atoms. The van der Waals surface area contributed by atoms with Gasteiger partial charge in [0.05, 0.1) is 22.3 Å². The number of hydrogen-bond acceptors (Lipinski definition) is 7. The minimum atomic E-state index is -0.344. The summed E-state index contributed by atoms with van der Waals surface area (Å²) in [4.78, 5) is 38.6. The van der Waals surface area contributed by atoms with Crippen LogP contribution in [-0.2, 0) is 5.75 Å². The second-order valence-electron chi connectivity index (χ2n) is 6.79. The Labute approximate surface area is 193 Å². The van der Waals surface area contributed by atoms with E-state index in [4.69, 9.17) is 28.9 Å². The summed E-state index contributed by atoms with van der Waals surface area (Å²) in [5, 5.41) is 4.48. The van der Waals surface area contributed by atoms with Gasteiger partial charge in [0.25, 0.3) is 16.9 Å². The predicted molar refractivity (Wildman–Crippen MR) is 125 cm³/mol. The van der Waals surface area contributed by atoms with Crippen LogP contribution in [0.4, 0.5) is 5.95 Å². The molecule has 0 radical (unpaired) electrons. The molecule has 0 aliphatic carbocycles. The lowest BCUT2D eigenvalue weighted by Gasteiger charge is -2.13. The van der Waals surface area contributed by atoms with E-state index < -0.39 is 0 Å². The molecule has 9 nitrogen and oxygen atoms in total. The number of nitrogen functional groups attached to an aromatic ring is 1. The van der Waals surface area contributed by atoms with Crippen molar-refractivity contribution in [3.8, 4) is 5.69 Å². The summed E-state index contributed by atoms with van der Waals surface area (Å²) in [6.45, 7) is 0. The molecule has 5 rings (SSSR count). The number of nitrogens with one attached hydrogen (secondary N) is 1. The van der Waals surface area contributed by atoms with Crippen molar-refractivity contribution < 1.29 is 0 Å². The molecule has 0 aliphatic heterocycles. The lowest BCUT2D eigenvalue weighted by molar-refractivity contribution is 0.818. The van der Waals surface area contributed by atoms with E-state index in [1.165, 1.54) is 22.4 Å². The summed E-state index contributed by atoms with van der Waals surface area (Å²) in [6, 6.07) is 13.2. The van der Waals surface area contributed by atoms with Crippen LogP contribution in [0.25, 0.3) is 22.4 Å². The maximum atomic E-state index is 13.3. The maximum Gasteiger partial charge on any atom is 0.274 e. The van der Waals surface area contributed by atoms with Crippen LogP contribution in [0.1, 0.15) is 5.69 Å². The van der Waals surface area contributed by atoms with Crippen molar-refractivity contribution in [3.05, 3.63) is 85.0 Å². The Hall–Kier alpha value is -3.34. The number of thioether (sulfide) groups is 1. The van der Waals surface area contributed by atoms with Crippen LogP contribution in [-0.4, -0.2) is 29.1 Å². The van der Waals surface area contributed by atoms with Crippen molar-refractivity contribution in [1.82, 2.24) is 29.1 Å². The van der Waals surface area contributed by atoms with Gasteiger partial charge >= 0.3 is 0 Å². The first kappa shape index (κ1) is 20.6. The number of nitrogens with zero attached hydrogens (tertiary/aromatic N) is 5. The van der Waals surface area contributed by atoms with Gasteiger partial charge < -0.3 is 5.73 Å². The first-order valence-electron chi connectivity index (χ1n) is 9.24. The highest BCUT2D eigenvalue weighted by atomic mass is 35.5. The van der Waals surface area contributed by atoms with Crippen LogP contribution in [0.3, 0.4) is 0 Å². The Morgan fingerprint density at radius 1 is 0.969 bits per heavy atom. The smallest absolute Gasteiger partial charge is 0.274 e. The number of halogens is 2. The number of aromatic amines is 1. The molecule has 0 fully saturated rings. The highest BCUT2D eigenvalue weighted by Crippen LogP contribution is 2.25. The molecule has 0 unspecified atom stereocenters. The number of fused-ring (bicyclic) bond motifs is 2. The summed E-state index contributed by atoms with van der Waals surface area (Å²) in [5.74, 6) is 0.521. The van der Waals surface area contributed by atoms with E-state index in [2.05, 4.69) is 20.1 Å². The van der Waals surface area contributed by atoms with Crippen LogP contribution in [0.2, 0.25) is 10.0 Å². The van der Waals surface area contributed by atoms with Gasteiger partial charge in [-0.1, -0.05) is 35.0 Å². The summed E-state index contributed by atoms with van der Waals surface area (Å²) in [6.07, 6.45) is 0. The second-order valence-corrected chi connectivity index (χ2v) is 8.61. The van der Waals surface area contributed by atoms with Gasteiger partial charge in [0.1, 0.15) is 0 Å². The molecule has 3 aromatic heterocycles. The minimum Gasteiger partial charge on any atom is -0.368 e. The standard InChI is InChI=1S/C20H13Cl2N7O2S/c21-10-1-4-13(5-2-10)28-17(31)14-6-3-11(22)7-15(14)25-20(28)32-9-12-8-16(30)29-19(24-12)26-18(23)27-29/h1-8H,9H2,(H3,23,24,26,27). The largest absolute Gasteiger partial charge is 0.368 e. The Bertz CT molecular complexity index is 1610. The molecule has 3 heterocycles. The van der Waals surface area contributed by atoms with Crippen molar-refractivity contribution in [2.24, 2.45) is 0 Å². The van der Waals surface area contributed by atoms with Gasteiger partial charge in [-0.3, -0.25) is 19.3 Å². The third-order valence-electron chi connectivity index (χ3n) is 4.64. The number of anilines is 1. The Balaban J connectivity index is 1.62. The van der Waals surface area contributed by atoms with Gasteiger partial charge in [0, 0.05) is 21.9 Å². The minimum absolute atomic E-state index is 0.0871. The van der Waals surface area contributed by atoms with E-state index in [-0.39, 0.29) is 28.6 Å². The number of nitrogens with two attached hydrogens (primary N) is 1. The zero-order chi connectivity index (χ0) is 22.4. The fourth-order valence-electron chi connectivity index (χ4n) is 3.21. The van der Waals surface area contributed by atoms with E-state index in [1.54, 1.807) is 42.5 Å². The van der Waals surface area contributed by atoms with Crippen LogP contribution in [0.5, 0.6) is 0 Å². The molecule has 5 aromatic rings. The molecule has 3 N–H and O–H groups in total. The molecule has 0 saturated heterocycles. The van der Waals surface area contributed by atoms with Crippen molar-refractivity contribution in [2.75, 3.05) is 5.73 Å². The zero-order valence-electron chi connectivity index (χ0n) is 16.1. The fraction of sp³-hybridized carbons (Fsp3) is 0.0500. The maximum absolute atomic E-state index is 13.3. The summed E-state index contributed by atoms with van der Waals surface area (Å²) in [5.41, 5.74) is 6.56. The number of aromatic nitrogens is 6. The second kappa shape index (κ2) is 7.97. The van der Waals surface area contributed by atoms with Gasteiger partial charge in [-0.15, -0.1) is 0 Å². The quantitative estimate of drug-likeness (QED) is 0.295. The first-order chi connectivity index (χ1) is 15.4. The lowest BCUT2D eigenvalue weighted by atomic mass is 10.2. The van der Waals surface area contributed by atoms with E-state index >= 15 is 0 Å². The van der Waals surface area contributed by atoms with Crippen molar-refractivity contribution in [1.29, 1.82) is 0 Å². The molecular formula is C20H13Cl2N7O2S. The summed E-state index contributed by atoms with van der Waals surface area (Å²) in [7, 11) is 0. The molecule has 0 amide bonds. The van der Waals surface area contributed by atoms with Crippen molar-refractivity contribution in [2.45, 2.75) is 10.9 Å². The molecule has 0 saturated carbocycles. The normalized spacial score (nSPS) is 11.4. The third kappa shape index (κ3) is 3.72. The van der Waals surface area contributed by atoms with E-state index in [9.17, 15) is 9.59 Å². The predicted octanol–water partition coefficient (Wildman–Crippen LogP) is 3.30. The molecule has 160 valence electrons. The Kier molecular flexibility index (Phi) is 5.12. The van der Waals surface area contributed by atoms with Gasteiger partial charge in [-0.05, 0) is 42.5 Å². The average molecular weight is 486 g/mol. The number of hydrogen-bond donors (Lipinski definition) is 2. The molecule has 0 atom stereocenters. The topological polar surface area (TPSA) is 124 Å². The molecule has 2 aromatic carbocycles. The molecule has 0 bridgehead atoms. The van der Waals surface area contributed by atoms with Gasteiger partial charge in [0.15, 0.2) is 5.16 Å². The highest BCUT2D eigenvalue weighted by Gasteiger charge is 2.15. The fourth-order valence-corrected chi connectivity index (χ4v) is 4.41. The lowest BCUT2D eigenvalue weighted by Crippen LogP contribution is -2.22. The number of rotatable bonds is 4. The molecule has 32 heavy (non-hydrogen) atoms. The highest BCUT2D eigenvalue weighted by molar-refractivity contribution is 7.98. The van der Waals surface area contributed by atoms with Crippen LogP contribution in [0, 0.1) is 0 Å². The SMILES string of the molecule is Nc1nc2nc(CSc3nc4cc(Cl)ccc4c(=O)n3-c3ccc(Cl)cc3)cc(=O)n2[nH]1. The Morgan fingerprint density at radius 2 is 1.72 bits per heavy atom. The summed E-state index contributed by atoms with van der Waals surface area (Å²) >= 11 is 13.4. The molecular weight excluding hydrogens is 473 g/mol. The number of benzene rings is 2. The van der Waals surface area contributed by atoms with E-state index in [0.717, 1.165) is 4.52 Å². The number of H-pyrrole nitrogens is 1. The van der Waals surface area contributed by atoms with Crippen molar-refractivity contribution in [3.63, 3.8) is 0 Å².